The SMILES string of the molecule is CC.Cc1ccc2[nH]c3c(c2c1)CCN(CC(=O)N1CCN(C2CCC2)CC1)C3. The molecule has 2 fully saturated rings. The highest BCUT2D eigenvalue weighted by atomic mass is 16.2. The Labute approximate surface area is 175 Å². The minimum atomic E-state index is 0.304. The molecule has 1 N–H and O–H groups in total. The number of fused-ring (bicyclic) bond motifs is 3. The Kier molecular flexibility index (Phi) is 6.26. The zero-order valence-corrected chi connectivity index (χ0v) is 18.3. The summed E-state index contributed by atoms with van der Waals surface area (Å²) in [5, 5.41) is 1.36. The molecule has 0 unspecified atom stereocenters. The minimum absolute atomic E-state index is 0.304. The average molecular weight is 397 g/mol. The van der Waals surface area contributed by atoms with E-state index in [4.69, 9.17) is 0 Å². The van der Waals surface area contributed by atoms with E-state index in [9.17, 15) is 4.79 Å². The second kappa shape index (κ2) is 8.88. The van der Waals surface area contributed by atoms with Gasteiger partial charge in [0.15, 0.2) is 0 Å². The van der Waals surface area contributed by atoms with Gasteiger partial charge in [0.2, 0.25) is 5.91 Å². The summed E-state index contributed by atoms with van der Waals surface area (Å²) in [5.41, 5.74) is 5.28. The Bertz CT molecular complexity index is 846. The lowest BCUT2D eigenvalue weighted by atomic mass is 9.91. The predicted molar refractivity (Wildman–Crippen MR) is 119 cm³/mol. The third-order valence-electron chi connectivity index (χ3n) is 6.83. The van der Waals surface area contributed by atoms with Gasteiger partial charge in [-0.05, 0) is 43.9 Å². The molecular weight excluding hydrogens is 360 g/mol. The minimum Gasteiger partial charge on any atom is -0.357 e. The number of rotatable bonds is 3. The van der Waals surface area contributed by atoms with Gasteiger partial charge in [0, 0.05) is 61.9 Å². The molecule has 1 saturated heterocycles. The van der Waals surface area contributed by atoms with Crippen molar-refractivity contribution in [2.45, 2.75) is 59.0 Å². The van der Waals surface area contributed by atoms with Crippen LogP contribution in [-0.4, -0.2) is 70.9 Å². The van der Waals surface area contributed by atoms with Crippen LogP contribution in [0.25, 0.3) is 10.9 Å². The van der Waals surface area contributed by atoms with Crippen LogP contribution in [0.5, 0.6) is 0 Å². The number of aryl methyl sites for hydroxylation is 1. The lowest BCUT2D eigenvalue weighted by molar-refractivity contribution is -0.135. The van der Waals surface area contributed by atoms with Crippen molar-refractivity contribution < 1.29 is 4.79 Å². The maximum absolute atomic E-state index is 12.8. The van der Waals surface area contributed by atoms with Crippen LogP contribution >= 0.6 is 0 Å². The van der Waals surface area contributed by atoms with Crippen molar-refractivity contribution in [2.24, 2.45) is 0 Å². The van der Waals surface area contributed by atoms with E-state index in [1.54, 1.807) is 0 Å². The van der Waals surface area contributed by atoms with Gasteiger partial charge in [-0.25, -0.2) is 0 Å². The summed E-state index contributed by atoms with van der Waals surface area (Å²) in [6, 6.07) is 7.43. The number of H-pyrrole nitrogens is 1. The molecule has 1 saturated carbocycles. The molecule has 0 bridgehead atoms. The molecule has 158 valence electrons. The van der Waals surface area contributed by atoms with Gasteiger partial charge in [0.25, 0.3) is 0 Å². The summed E-state index contributed by atoms with van der Waals surface area (Å²) >= 11 is 0. The zero-order chi connectivity index (χ0) is 20.4. The van der Waals surface area contributed by atoms with Crippen LogP contribution in [0.1, 0.15) is 49.9 Å². The summed E-state index contributed by atoms with van der Waals surface area (Å²) in [6.07, 6.45) is 5.12. The molecule has 5 rings (SSSR count). The first-order valence-corrected chi connectivity index (χ1v) is 11.5. The normalized spacial score (nSPS) is 20.7. The standard InChI is InChI=1S/C22H30N4O.C2H6/c1-16-5-6-20-19(13-16)18-7-8-24(14-21(18)23-20)15-22(27)26-11-9-25(10-12-26)17-3-2-4-17;1-2/h5-6,13,17,23H,2-4,7-12,14-15H2,1H3;1-2H3. The Morgan fingerprint density at radius 3 is 2.55 bits per heavy atom. The summed E-state index contributed by atoms with van der Waals surface area (Å²) in [4.78, 5) is 23.4. The third-order valence-corrected chi connectivity index (χ3v) is 6.83. The fraction of sp³-hybridized carbons (Fsp3) is 0.625. The van der Waals surface area contributed by atoms with E-state index in [1.807, 2.05) is 13.8 Å². The van der Waals surface area contributed by atoms with Crippen LogP contribution in [0.15, 0.2) is 18.2 Å². The molecule has 0 atom stereocenters. The molecule has 1 aromatic heterocycles. The smallest absolute Gasteiger partial charge is 0.236 e. The highest BCUT2D eigenvalue weighted by Crippen LogP contribution is 2.28. The van der Waals surface area contributed by atoms with Crippen LogP contribution in [-0.2, 0) is 17.8 Å². The zero-order valence-electron chi connectivity index (χ0n) is 18.3. The van der Waals surface area contributed by atoms with Crippen LogP contribution in [0.2, 0.25) is 0 Å². The maximum atomic E-state index is 12.8. The fourth-order valence-corrected chi connectivity index (χ4v) is 4.92. The van der Waals surface area contributed by atoms with Crippen molar-refractivity contribution in [2.75, 3.05) is 39.3 Å². The van der Waals surface area contributed by atoms with E-state index in [0.717, 1.165) is 51.7 Å². The Hall–Kier alpha value is -1.85. The maximum Gasteiger partial charge on any atom is 0.236 e. The van der Waals surface area contributed by atoms with Crippen molar-refractivity contribution in [1.29, 1.82) is 0 Å². The van der Waals surface area contributed by atoms with Gasteiger partial charge in [0.1, 0.15) is 0 Å². The van der Waals surface area contributed by atoms with Crippen LogP contribution < -0.4 is 0 Å². The largest absolute Gasteiger partial charge is 0.357 e. The Balaban J connectivity index is 0.000000994. The van der Waals surface area contributed by atoms with Crippen LogP contribution in [0.3, 0.4) is 0 Å². The van der Waals surface area contributed by atoms with Crippen molar-refractivity contribution >= 4 is 16.8 Å². The second-order valence-electron chi connectivity index (χ2n) is 8.59. The Morgan fingerprint density at radius 2 is 1.86 bits per heavy atom. The highest BCUT2D eigenvalue weighted by molar-refractivity contribution is 5.85. The van der Waals surface area contributed by atoms with Crippen molar-refractivity contribution in [3.8, 4) is 0 Å². The van der Waals surface area contributed by atoms with Gasteiger partial charge in [0.05, 0.1) is 6.54 Å². The van der Waals surface area contributed by atoms with Crippen molar-refractivity contribution in [1.82, 2.24) is 19.7 Å². The van der Waals surface area contributed by atoms with Crippen LogP contribution in [0.4, 0.5) is 0 Å². The first kappa shape index (κ1) is 20.4. The van der Waals surface area contributed by atoms with Gasteiger partial charge < -0.3 is 9.88 Å². The third kappa shape index (κ3) is 4.22. The highest BCUT2D eigenvalue weighted by Gasteiger charge is 2.30. The first-order valence-electron chi connectivity index (χ1n) is 11.5. The number of carbonyl (C=O) groups excluding carboxylic acids is 1. The van der Waals surface area contributed by atoms with E-state index in [0.29, 0.717) is 12.5 Å². The number of nitrogens with zero attached hydrogens (tertiary/aromatic N) is 3. The molecule has 2 aliphatic heterocycles. The molecule has 0 radical (unpaired) electrons. The molecule has 0 spiro atoms. The van der Waals surface area contributed by atoms with Crippen molar-refractivity contribution in [3.05, 3.63) is 35.0 Å². The lowest BCUT2D eigenvalue weighted by Gasteiger charge is -2.43. The van der Waals surface area contributed by atoms with Crippen molar-refractivity contribution in [3.63, 3.8) is 0 Å². The van der Waals surface area contributed by atoms with E-state index in [2.05, 4.69) is 44.8 Å². The lowest BCUT2D eigenvalue weighted by Crippen LogP contribution is -2.55. The monoisotopic (exact) mass is 396 g/mol. The molecule has 1 aliphatic carbocycles. The molecule has 1 amide bonds. The summed E-state index contributed by atoms with van der Waals surface area (Å²) < 4.78 is 0. The number of benzene rings is 1. The van der Waals surface area contributed by atoms with E-state index in [-0.39, 0.29) is 0 Å². The average Bonchev–Trinajstić information content (AvgIpc) is 3.05. The molecule has 29 heavy (non-hydrogen) atoms. The van der Waals surface area contributed by atoms with E-state index >= 15 is 0 Å². The second-order valence-corrected chi connectivity index (χ2v) is 8.59. The molecule has 5 heteroatoms. The van der Waals surface area contributed by atoms with E-state index in [1.165, 1.54) is 47.0 Å². The number of aromatic nitrogens is 1. The molecule has 2 aromatic rings. The number of piperazine rings is 1. The van der Waals surface area contributed by atoms with Crippen LogP contribution in [0, 0.1) is 6.92 Å². The van der Waals surface area contributed by atoms with Gasteiger partial charge >= 0.3 is 0 Å². The predicted octanol–water partition coefficient (Wildman–Crippen LogP) is 3.56. The van der Waals surface area contributed by atoms with Gasteiger partial charge in [-0.15, -0.1) is 0 Å². The topological polar surface area (TPSA) is 42.6 Å². The molecule has 3 aliphatic rings. The van der Waals surface area contributed by atoms with E-state index < -0.39 is 0 Å². The van der Waals surface area contributed by atoms with Gasteiger partial charge in [-0.1, -0.05) is 31.9 Å². The quantitative estimate of drug-likeness (QED) is 0.863. The number of hydrogen-bond donors (Lipinski definition) is 1. The summed E-state index contributed by atoms with van der Waals surface area (Å²) in [7, 11) is 0. The van der Waals surface area contributed by atoms with Gasteiger partial charge in [-0.3, -0.25) is 14.6 Å². The summed E-state index contributed by atoms with van der Waals surface area (Å²) in [6.45, 7) is 12.5. The molecule has 1 aromatic carbocycles. The fourth-order valence-electron chi connectivity index (χ4n) is 4.92. The number of hydrogen-bond acceptors (Lipinski definition) is 3. The number of carbonyl (C=O) groups is 1. The molecule has 3 heterocycles. The van der Waals surface area contributed by atoms with Gasteiger partial charge in [-0.2, -0.15) is 0 Å². The molecular formula is C24H36N4O. The summed E-state index contributed by atoms with van der Waals surface area (Å²) in [5.74, 6) is 0.304. The number of aromatic amines is 1. The number of amides is 1. The Morgan fingerprint density at radius 1 is 1.10 bits per heavy atom. The first-order chi connectivity index (χ1) is 14.2. The number of nitrogens with one attached hydrogen (secondary N) is 1. The molecule has 5 nitrogen and oxygen atoms in total.